The third-order valence-electron chi connectivity index (χ3n) is 3.48. The van der Waals surface area contributed by atoms with E-state index in [1.807, 2.05) is 27.7 Å². The minimum atomic E-state index is -1.01. The van der Waals surface area contributed by atoms with Crippen LogP contribution in [0, 0.1) is 11.3 Å². The Morgan fingerprint density at radius 2 is 1.95 bits per heavy atom. The largest absolute Gasteiger partial charge is 0.480 e. The Bertz CT molecular complexity index is 318. The number of urea groups is 1. The van der Waals surface area contributed by atoms with Gasteiger partial charge in [0.25, 0.3) is 0 Å². The Balaban J connectivity index is 4.30. The first kappa shape index (κ1) is 18.7. The average molecular weight is 288 g/mol. The third kappa shape index (κ3) is 7.33. The number of aliphatic carboxylic acids is 1. The summed E-state index contributed by atoms with van der Waals surface area (Å²) < 4.78 is 5.02. The highest BCUT2D eigenvalue weighted by Gasteiger charge is 2.26. The monoisotopic (exact) mass is 288 g/mol. The molecule has 0 bridgehead atoms. The second kappa shape index (κ2) is 8.79. The Labute approximate surface area is 121 Å². The van der Waals surface area contributed by atoms with Gasteiger partial charge < -0.3 is 20.5 Å². The summed E-state index contributed by atoms with van der Waals surface area (Å²) in [6, 6.07) is -1.30. The topological polar surface area (TPSA) is 87.7 Å². The van der Waals surface area contributed by atoms with Crippen molar-refractivity contribution in [3.63, 3.8) is 0 Å². The molecule has 0 fully saturated rings. The molecule has 6 nitrogen and oxygen atoms in total. The standard InChI is InChI=1S/C14H28N2O4/c1-6-10(2)11(12(17)18)16-13(19)15-9-14(3,4)7-8-20-5/h10-11H,6-9H2,1-5H3,(H,17,18)(H2,15,16,19)/t10?,11-/m0/s1. The third-order valence-corrected chi connectivity index (χ3v) is 3.48. The second-order valence-corrected chi connectivity index (χ2v) is 5.94. The molecule has 0 aliphatic carbocycles. The van der Waals surface area contributed by atoms with Crippen molar-refractivity contribution in [1.82, 2.24) is 10.6 Å². The van der Waals surface area contributed by atoms with Crippen molar-refractivity contribution >= 4 is 12.0 Å². The second-order valence-electron chi connectivity index (χ2n) is 5.94. The van der Waals surface area contributed by atoms with Crippen molar-refractivity contribution < 1.29 is 19.4 Å². The van der Waals surface area contributed by atoms with E-state index in [0.717, 1.165) is 6.42 Å². The fraction of sp³-hybridized carbons (Fsp3) is 0.857. The van der Waals surface area contributed by atoms with Crippen molar-refractivity contribution in [2.75, 3.05) is 20.3 Å². The predicted octanol–water partition coefficient (Wildman–Crippen LogP) is 1.85. The molecule has 0 radical (unpaired) electrons. The van der Waals surface area contributed by atoms with Crippen LogP contribution in [-0.4, -0.2) is 43.4 Å². The van der Waals surface area contributed by atoms with E-state index >= 15 is 0 Å². The van der Waals surface area contributed by atoms with Crippen molar-refractivity contribution in [2.24, 2.45) is 11.3 Å². The van der Waals surface area contributed by atoms with Crippen LogP contribution in [0.5, 0.6) is 0 Å². The van der Waals surface area contributed by atoms with Crippen molar-refractivity contribution in [3.8, 4) is 0 Å². The summed E-state index contributed by atoms with van der Waals surface area (Å²) >= 11 is 0. The number of carboxylic acids is 1. The van der Waals surface area contributed by atoms with Crippen molar-refractivity contribution in [3.05, 3.63) is 0 Å². The number of carbonyl (C=O) groups excluding carboxylic acids is 1. The quantitative estimate of drug-likeness (QED) is 0.604. The Hall–Kier alpha value is -1.30. The summed E-state index contributed by atoms with van der Waals surface area (Å²) in [6.45, 7) is 8.84. The number of methoxy groups -OCH3 is 1. The number of ether oxygens (including phenoxy) is 1. The van der Waals surface area contributed by atoms with Gasteiger partial charge in [0.1, 0.15) is 6.04 Å². The molecular formula is C14H28N2O4. The molecule has 0 saturated heterocycles. The van der Waals surface area contributed by atoms with Crippen LogP contribution in [0.25, 0.3) is 0 Å². The van der Waals surface area contributed by atoms with E-state index < -0.39 is 18.0 Å². The van der Waals surface area contributed by atoms with Crippen molar-refractivity contribution in [2.45, 2.75) is 46.6 Å². The molecule has 2 amide bonds. The predicted molar refractivity (Wildman–Crippen MR) is 77.7 cm³/mol. The highest BCUT2D eigenvalue weighted by atomic mass is 16.5. The number of hydrogen-bond acceptors (Lipinski definition) is 3. The molecule has 0 rings (SSSR count). The zero-order valence-corrected chi connectivity index (χ0v) is 13.2. The maximum atomic E-state index is 11.8. The maximum Gasteiger partial charge on any atom is 0.326 e. The molecular weight excluding hydrogens is 260 g/mol. The van der Waals surface area contributed by atoms with E-state index in [1.54, 1.807) is 7.11 Å². The summed E-state index contributed by atoms with van der Waals surface area (Å²) in [4.78, 5) is 22.9. The van der Waals surface area contributed by atoms with Crippen molar-refractivity contribution in [1.29, 1.82) is 0 Å². The first-order chi connectivity index (χ1) is 9.23. The summed E-state index contributed by atoms with van der Waals surface area (Å²) in [5, 5.41) is 14.4. The van der Waals surface area contributed by atoms with E-state index in [4.69, 9.17) is 9.84 Å². The molecule has 2 atom stereocenters. The van der Waals surface area contributed by atoms with Gasteiger partial charge in [0.15, 0.2) is 0 Å². The molecule has 0 aliphatic heterocycles. The highest BCUT2D eigenvalue weighted by molar-refractivity contribution is 5.82. The molecule has 118 valence electrons. The first-order valence-electron chi connectivity index (χ1n) is 6.99. The number of amides is 2. The SMILES string of the molecule is CCC(C)[C@H](NC(=O)NCC(C)(C)CCOC)C(=O)O. The van der Waals surface area contributed by atoms with E-state index in [-0.39, 0.29) is 11.3 Å². The zero-order chi connectivity index (χ0) is 15.8. The van der Waals surface area contributed by atoms with Crippen LogP contribution >= 0.6 is 0 Å². The van der Waals surface area contributed by atoms with Gasteiger partial charge in [-0.05, 0) is 17.8 Å². The molecule has 0 saturated carbocycles. The lowest BCUT2D eigenvalue weighted by molar-refractivity contribution is -0.140. The van der Waals surface area contributed by atoms with Crippen LogP contribution in [-0.2, 0) is 9.53 Å². The van der Waals surface area contributed by atoms with Gasteiger partial charge in [-0.1, -0.05) is 34.1 Å². The number of nitrogens with one attached hydrogen (secondary N) is 2. The van der Waals surface area contributed by atoms with E-state index in [0.29, 0.717) is 19.6 Å². The lowest BCUT2D eigenvalue weighted by Gasteiger charge is -2.26. The minimum Gasteiger partial charge on any atom is -0.480 e. The molecule has 0 spiro atoms. The van der Waals surface area contributed by atoms with Gasteiger partial charge in [0, 0.05) is 20.3 Å². The van der Waals surface area contributed by atoms with Gasteiger partial charge in [-0.25, -0.2) is 9.59 Å². The Morgan fingerprint density at radius 3 is 2.40 bits per heavy atom. The number of rotatable bonds is 9. The highest BCUT2D eigenvalue weighted by Crippen LogP contribution is 2.18. The summed E-state index contributed by atoms with van der Waals surface area (Å²) in [5.41, 5.74) is -0.0948. The molecule has 0 aliphatic rings. The number of carbonyl (C=O) groups is 2. The Morgan fingerprint density at radius 1 is 1.35 bits per heavy atom. The van der Waals surface area contributed by atoms with Gasteiger partial charge >= 0.3 is 12.0 Å². The van der Waals surface area contributed by atoms with E-state index in [1.165, 1.54) is 0 Å². The maximum absolute atomic E-state index is 11.8. The van der Waals surface area contributed by atoms with Crippen LogP contribution in [0.3, 0.4) is 0 Å². The molecule has 3 N–H and O–H groups in total. The van der Waals surface area contributed by atoms with Crippen LogP contribution in [0.4, 0.5) is 4.79 Å². The van der Waals surface area contributed by atoms with Gasteiger partial charge in [-0.2, -0.15) is 0 Å². The number of carboxylic acid groups (broad SMARTS) is 1. The summed E-state index contributed by atoms with van der Waals surface area (Å²) in [7, 11) is 1.64. The molecule has 20 heavy (non-hydrogen) atoms. The molecule has 1 unspecified atom stereocenters. The normalized spacial score (nSPS) is 14.4. The van der Waals surface area contributed by atoms with E-state index in [2.05, 4.69) is 10.6 Å². The lowest BCUT2D eigenvalue weighted by atomic mass is 9.90. The number of hydrogen-bond donors (Lipinski definition) is 3. The van der Waals surface area contributed by atoms with Gasteiger partial charge in [-0.15, -0.1) is 0 Å². The fourth-order valence-electron chi connectivity index (χ4n) is 1.66. The lowest BCUT2D eigenvalue weighted by Crippen LogP contribution is -2.50. The zero-order valence-electron chi connectivity index (χ0n) is 13.2. The molecule has 0 heterocycles. The Kier molecular flexibility index (Phi) is 8.22. The van der Waals surface area contributed by atoms with E-state index in [9.17, 15) is 9.59 Å². The van der Waals surface area contributed by atoms with Gasteiger partial charge in [-0.3, -0.25) is 0 Å². The van der Waals surface area contributed by atoms with Crippen LogP contribution in [0.15, 0.2) is 0 Å². The van der Waals surface area contributed by atoms with Crippen LogP contribution < -0.4 is 10.6 Å². The fourth-order valence-corrected chi connectivity index (χ4v) is 1.66. The first-order valence-corrected chi connectivity index (χ1v) is 6.99. The average Bonchev–Trinajstić information content (AvgIpc) is 2.39. The minimum absolute atomic E-state index is 0.0948. The smallest absolute Gasteiger partial charge is 0.326 e. The molecule has 0 aromatic rings. The molecule has 6 heteroatoms. The molecule has 0 aromatic heterocycles. The van der Waals surface area contributed by atoms with Gasteiger partial charge in [0.2, 0.25) is 0 Å². The van der Waals surface area contributed by atoms with Crippen LogP contribution in [0.2, 0.25) is 0 Å². The van der Waals surface area contributed by atoms with Crippen LogP contribution in [0.1, 0.15) is 40.5 Å². The van der Waals surface area contributed by atoms with Gasteiger partial charge in [0.05, 0.1) is 0 Å². The molecule has 0 aromatic carbocycles. The summed E-state index contributed by atoms with van der Waals surface area (Å²) in [5.74, 6) is -1.12. The summed E-state index contributed by atoms with van der Waals surface area (Å²) in [6.07, 6.45) is 1.51.